The van der Waals surface area contributed by atoms with Gasteiger partial charge < -0.3 is 9.47 Å². The Labute approximate surface area is 242 Å². The molecular weight excluding hydrogens is 623 g/mol. The van der Waals surface area contributed by atoms with Crippen LogP contribution in [0.1, 0.15) is 18.1 Å². The van der Waals surface area contributed by atoms with E-state index in [9.17, 15) is 9.59 Å². The second kappa shape index (κ2) is 11.8. The number of thiocarbonyl (C=S) groups is 1. The topological polar surface area (TPSA) is 67.9 Å². The lowest BCUT2D eigenvalue weighted by atomic mass is 10.1. The smallest absolute Gasteiger partial charge is 0.270 e. The number of hydrogen-bond acceptors (Lipinski definition) is 5. The van der Waals surface area contributed by atoms with Crippen molar-refractivity contribution in [3.63, 3.8) is 0 Å². The summed E-state index contributed by atoms with van der Waals surface area (Å²) < 4.78 is 12.3. The van der Waals surface area contributed by atoms with Gasteiger partial charge in [-0.2, -0.15) is 0 Å². The van der Waals surface area contributed by atoms with Crippen LogP contribution in [0.3, 0.4) is 0 Å². The molecule has 0 aromatic heterocycles. The van der Waals surface area contributed by atoms with Crippen LogP contribution < -0.4 is 19.7 Å². The minimum Gasteiger partial charge on any atom is -0.490 e. The monoisotopic (exact) mass is 638 g/mol. The molecule has 0 spiro atoms. The van der Waals surface area contributed by atoms with Crippen molar-refractivity contribution in [3.05, 3.63) is 90.8 Å². The van der Waals surface area contributed by atoms with Gasteiger partial charge in [-0.25, -0.2) is 0 Å². The third kappa shape index (κ3) is 5.94. The number of carbonyl (C=O) groups is 2. The first kappa shape index (κ1) is 27.4. The molecule has 3 aromatic carbocycles. The highest BCUT2D eigenvalue weighted by Gasteiger charge is 2.36. The van der Waals surface area contributed by atoms with Crippen molar-refractivity contribution in [2.45, 2.75) is 13.5 Å². The lowest BCUT2D eigenvalue weighted by molar-refractivity contribution is -0.122. The highest BCUT2D eigenvalue weighted by molar-refractivity contribution is 9.10. The van der Waals surface area contributed by atoms with E-state index in [-0.39, 0.29) is 33.0 Å². The Kier molecular flexibility index (Phi) is 8.77. The summed E-state index contributed by atoms with van der Waals surface area (Å²) in [5.74, 6) is -0.405. The van der Waals surface area contributed by atoms with Gasteiger partial charge in [-0.15, -0.1) is 0 Å². The molecule has 0 radical (unpaired) electrons. The lowest BCUT2D eigenvalue weighted by Crippen LogP contribution is -2.54. The molecule has 2 amide bonds. The van der Waals surface area contributed by atoms with Crippen molar-refractivity contribution in [1.82, 2.24) is 5.32 Å². The maximum absolute atomic E-state index is 13.4. The Morgan fingerprint density at radius 3 is 2.43 bits per heavy atom. The highest BCUT2D eigenvalue weighted by Crippen LogP contribution is 2.37. The predicted molar refractivity (Wildman–Crippen MR) is 154 cm³/mol. The van der Waals surface area contributed by atoms with Gasteiger partial charge in [0.15, 0.2) is 16.6 Å². The van der Waals surface area contributed by atoms with E-state index in [4.69, 9.17) is 56.5 Å². The molecule has 0 saturated carbocycles. The van der Waals surface area contributed by atoms with Gasteiger partial charge in [0.1, 0.15) is 12.2 Å². The number of hydrogen-bond donors (Lipinski definition) is 1. The fraction of sp³-hybridized carbons (Fsp3) is 0.115. The molecule has 1 aliphatic rings. The minimum absolute atomic E-state index is 0.103. The van der Waals surface area contributed by atoms with Gasteiger partial charge in [0.05, 0.1) is 22.3 Å². The average Bonchev–Trinajstić information content (AvgIpc) is 2.85. The number of anilines is 1. The van der Waals surface area contributed by atoms with Crippen LogP contribution in [0.5, 0.6) is 11.5 Å². The zero-order valence-corrected chi connectivity index (χ0v) is 23.9. The normalized spacial score (nSPS) is 14.7. The van der Waals surface area contributed by atoms with Crippen molar-refractivity contribution in [2.75, 3.05) is 11.5 Å². The van der Waals surface area contributed by atoms with Crippen LogP contribution in [-0.2, 0) is 16.2 Å². The standard InChI is InChI=1S/C26H18BrCl3N2O4S/c1-2-35-21-11-15(17(27)12-22(21)36-13-14-6-3-4-7-18(14)28)10-16-24(33)31-26(37)32(25(16)34)20-9-5-8-19(29)23(20)30/h3-12H,2,13H2,1H3,(H,31,33,37)/b16-10+. The summed E-state index contributed by atoms with van der Waals surface area (Å²) in [7, 11) is 0. The molecule has 6 nitrogen and oxygen atoms in total. The van der Waals surface area contributed by atoms with E-state index in [1.807, 2.05) is 25.1 Å². The molecule has 1 heterocycles. The molecule has 1 saturated heterocycles. The number of carbonyl (C=O) groups excluding carboxylic acids is 2. The number of nitrogens with one attached hydrogen (secondary N) is 1. The van der Waals surface area contributed by atoms with E-state index in [0.717, 1.165) is 10.5 Å². The van der Waals surface area contributed by atoms with E-state index in [1.165, 1.54) is 6.08 Å². The zero-order valence-electron chi connectivity index (χ0n) is 19.2. The number of nitrogens with zero attached hydrogens (tertiary/aromatic N) is 1. The number of amides is 2. The molecular formula is C26H18BrCl3N2O4S. The Morgan fingerprint density at radius 1 is 1.00 bits per heavy atom. The number of rotatable bonds is 7. The van der Waals surface area contributed by atoms with Crippen LogP contribution >= 0.6 is 63.0 Å². The average molecular weight is 641 g/mol. The molecule has 1 N–H and O–H groups in total. The van der Waals surface area contributed by atoms with Gasteiger partial charge >= 0.3 is 0 Å². The quantitative estimate of drug-likeness (QED) is 0.168. The molecule has 1 aliphatic heterocycles. The van der Waals surface area contributed by atoms with Gasteiger partial charge in [0.25, 0.3) is 11.8 Å². The summed E-state index contributed by atoms with van der Waals surface area (Å²) >= 11 is 27.4. The van der Waals surface area contributed by atoms with Crippen LogP contribution in [0.4, 0.5) is 5.69 Å². The summed E-state index contributed by atoms with van der Waals surface area (Å²) in [5, 5.41) is 3.40. The Morgan fingerprint density at radius 2 is 1.70 bits per heavy atom. The maximum Gasteiger partial charge on any atom is 0.270 e. The van der Waals surface area contributed by atoms with Crippen molar-refractivity contribution < 1.29 is 19.1 Å². The van der Waals surface area contributed by atoms with E-state index in [2.05, 4.69) is 21.2 Å². The van der Waals surface area contributed by atoms with E-state index in [1.54, 1.807) is 36.4 Å². The molecule has 0 bridgehead atoms. The molecule has 190 valence electrons. The summed E-state index contributed by atoms with van der Waals surface area (Å²) in [6.45, 7) is 2.43. The van der Waals surface area contributed by atoms with Crippen molar-refractivity contribution in [3.8, 4) is 11.5 Å². The molecule has 1 fully saturated rings. The van der Waals surface area contributed by atoms with Crippen LogP contribution in [0.25, 0.3) is 6.08 Å². The molecule has 0 atom stereocenters. The maximum atomic E-state index is 13.4. The second-order valence-electron chi connectivity index (χ2n) is 7.66. The fourth-order valence-electron chi connectivity index (χ4n) is 3.51. The summed E-state index contributed by atoms with van der Waals surface area (Å²) in [6.07, 6.45) is 1.44. The second-order valence-corrected chi connectivity index (χ2v) is 10.1. The molecule has 3 aromatic rings. The molecule has 4 rings (SSSR count). The van der Waals surface area contributed by atoms with Crippen LogP contribution in [0, 0.1) is 0 Å². The highest BCUT2D eigenvalue weighted by atomic mass is 79.9. The van der Waals surface area contributed by atoms with Gasteiger partial charge in [-0.05, 0) is 61.1 Å². The number of halogens is 4. The van der Waals surface area contributed by atoms with Gasteiger partial charge in [-0.3, -0.25) is 19.8 Å². The first-order valence-electron chi connectivity index (χ1n) is 10.9. The van der Waals surface area contributed by atoms with Crippen LogP contribution in [-0.4, -0.2) is 23.5 Å². The van der Waals surface area contributed by atoms with Crippen LogP contribution in [0.15, 0.2) is 64.6 Å². The minimum atomic E-state index is -0.651. The Hall–Kier alpha value is -2.62. The largest absolute Gasteiger partial charge is 0.490 e. The van der Waals surface area contributed by atoms with E-state index >= 15 is 0 Å². The van der Waals surface area contributed by atoms with Gasteiger partial charge in [0, 0.05) is 15.1 Å². The summed E-state index contributed by atoms with van der Waals surface area (Å²) in [6, 6.07) is 15.5. The van der Waals surface area contributed by atoms with Gasteiger partial charge in [0.2, 0.25) is 0 Å². The van der Waals surface area contributed by atoms with E-state index < -0.39 is 11.8 Å². The lowest BCUT2D eigenvalue weighted by Gasteiger charge is -2.29. The fourth-order valence-corrected chi connectivity index (χ4v) is 4.79. The third-order valence-corrected chi connectivity index (χ3v) is 7.43. The van der Waals surface area contributed by atoms with E-state index in [0.29, 0.717) is 33.2 Å². The van der Waals surface area contributed by atoms with Crippen molar-refractivity contribution in [1.29, 1.82) is 0 Å². The predicted octanol–water partition coefficient (Wildman–Crippen LogP) is 7.22. The summed E-state index contributed by atoms with van der Waals surface area (Å²) in [4.78, 5) is 27.3. The Bertz CT molecular complexity index is 1450. The summed E-state index contributed by atoms with van der Waals surface area (Å²) in [5.41, 5.74) is 1.43. The molecule has 11 heteroatoms. The SMILES string of the molecule is CCOc1cc(/C=C2\C(=O)NC(=S)N(c3cccc(Cl)c3Cl)C2=O)c(Br)cc1OCc1ccccc1Cl. The first-order chi connectivity index (χ1) is 17.7. The van der Waals surface area contributed by atoms with Gasteiger partial charge in [-0.1, -0.05) is 75.0 Å². The number of ether oxygens (including phenoxy) is 2. The van der Waals surface area contributed by atoms with Crippen molar-refractivity contribution in [2.24, 2.45) is 0 Å². The molecule has 0 aliphatic carbocycles. The van der Waals surface area contributed by atoms with Crippen molar-refractivity contribution >= 4 is 91.6 Å². The van der Waals surface area contributed by atoms with Crippen LogP contribution in [0.2, 0.25) is 15.1 Å². The molecule has 0 unspecified atom stereocenters. The third-order valence-electron chi connectivity index (χ3n) is 5.28. The number of benzene rings is 3. The Balaban J connectivity index is 1.69. The molecule has 37 heavy (non-hydrogen) atoms. The zero-order chi connectivity index (χ0) is 26.7. The first-order valence-corrected chi connectivity index (χ1v) is 13.2.